The van der Waals surface area contributed by atoms with Gasteiger partial charge in [-0.05, 0) is 43.7 Å². The van der Waals surface area contributed by atoms with Crippen molar-refractivity contribution in [3.63, 3.8) is 0 Å². The lowest BCUT2D eigenvalue weighted by Gasteiger charge is -2.34. The summed E-state index contributed by atoms with van der Waals surface area (Å²) in [5.74, 6) is -0.253. The van der Waals surface area contributed by atoms with E-state index in [0.29, 0.717) is 16.8 Å². The molecule has 1 fully saturated rings. The molecule has 1 aliphatic heterocycles. The Bertz CT molecular complexity index is 1150. The lowest BCUT2D eigenvalue weighted by molar-refractivity contribution is 0.0697. The normalized spacial score (nSPS) is 15.8. The van der Waals surface area contributed by atoms with Crippen molar-refractivity contribution in [1.82, 2.24) is 9.21 Å². The molecule has 0 spiro atoms. The molecular weight excluding hydrogens is 426 g/mol. The van der Waals surface area contributed by atoms with Crippen molar-refractivity contribution in [2.75, 3.05) is 37.2 Å². The van der Waals surface area contributed by atoms with Crippen LogP contribution in [-0.4, -0.2) is 64.4 Å². The van der Waals surface area contributed by atoms with Crippen LogP contribution in [0.5, 0.6) is 0 Å². The molecule has 1 N–H and O–H groups in total. The van der Waals surface area contributed by atoms with Gasteiger partial charge in [-0.15, -0.1) is 0 Å². The molecule has 2 aromatic rings. The quantitative estimate of drug-likeness (QED) is 0.747. The number of carbonyl (C=O) groups is 1. The standard InChI is InChI=1S/C20H25N3O5S2/c1-15-7-9-17(10-8-15)30(27,28)23-13-11-22(12-14-23)20(24)18-5-4-6-19(16(18)2)21-29(3,25)26/h4-10,21H,11-14H2,1-3H3. The molecule has 0 saturated carbocycles. The Morgan fingerprint density at radius 2 is 1.50 bits per heavy atom. The predicted octanol–water partition coefficient (Wildman–Crippen LogP) is 1.82. The molecule has 0 unspecified atom stereocenters. The van der Waals surface area contributed by atoms with E-state index in [4.69, 9.17) is 0 Å². The maximum atomic E-state index is 13.0. The number of hydrogen-bond donors (Lipinski definition) is 1. The van der Waals surface area contributed by atoms with Gasteiger partial charge in [0, 0.05) is 31.7 Å². The second-order valence-electron chi connectivity index (χ2n) is 7.36. The number of piperazine rings is 1. The van der Waals surface area contributed by atoms with Crippen LogP contribution in [0.2, 0.25) is 0 Å². The van der Waals surface area contributed by atoms with Gasteiger partial charge in [-0.25, -0.2) is 16.8 Å². The topological polar surface area (TPSA) is 104 Å². The first kappa shape index (κ1) is 22.3. The Morgan fingerprint density at radius 1 is 0.900 bits per heavy atom. The molecule has 1 aliphatic rings. The molecule has 8 nitrogen and oxygen atoms in total. The van der Waals surface area contributed by atoms with Crippen molar-refractivity contribution in [1.29, 1.82) is 0 Å². The summed E-state index contributed by atoms with van der Waals surface area (Å²) in [6.45, 7) is 4.48. The molecule has 3 rings (SSSR count). The summed E-state index contributed by atoms with van der Waals surface area (Å²) in [6, 6.07) is 11.5. The van der Waals surface area contributed by atoms with Crippen LogP contribution in [0.1, 0.15) is 21.5 Å². The van der Waals surface area contributed by atoms with Crippen LogP contribution < -0.4 is 4.72 Å². The van der Waals surface area contributed by atoms with Gasteiger partial charge >= 0.3 is 0 Å². The van der Waals surface area contributed by atoms with E-state index in [0.717, 1.165) is 11.8 Å². The second kappa shape index (κ2) is 8.37. The smallest absolute Gasteiger partial charge is 0.254 e. The number of carbonyl (C=O) groups excluding carboxylic acids is 1. The van der Waals surface area contributed by atoms with Gasteiger partial charge in [0.2, 0.25) is 20.0 Å². The number of aryl methyl sites for hydroxylation is 1. The number of amides is 1. The summed E-state index contributed by atoms with van der Waals surface area (Å²) < 4.78 is 52.5. The molecule has 1 saturated heterocycles. The van der Waals surface area contributed by atoms with E-state index < -0.39 is 20.0 Å². The predicted molar refractivity (Wildman–Crippen MR) is 115 cm³/mol. The monoisotopic (exact) mass is 451 g/mol. The van der Waals surface area contributed by atoms with Crippen molar-refractivity contribution in [2.45, 2.75) is 18.7 Å². The first-order valence-corrected chi connectivity index (χ1v) is 12.8. The summed E-state index contributed by atoms with van der Waals surface area (Å²) in [7, 11) is -7.08. The number of anilines is 1. The SMILES string of the molecule is Cc1ccc(S(=O)(=O)N2CCN(C(=O)c3cccc(NS(C)(=O)=O)c3C)CC2)cc1. The maximum Gasteiger partial charge on any atom is 0.254 e. The number of sulfonamides is 2. The van der Waals surface area contributed by atoms with Crippen LogP contribution in [0.15, 0.2) is 47.4 Å². The van der Waals surface area contributed by atoms with Gasteiger partial charge in [-0.3, -0.25) is 9.52 Å². The zero-order valence-electron chi connectivity index (χ0n) is 17.1. The first-order chi connectivity index (χ1) is 14.0. The largest absolute Gasteiger partial charge is 0.336 e. The number of rotatable bonds is 5. The highest BCUT2D eigenvalue weighted by atomic mass is 32.2. The van der Waals surface area contributed by atoms with Crippen LogP contribution in [0.25, 0.3) is 0 Å². The van der Waals surface area contributed by atoms with Crippen molar-refractivity contribution in [2.24, 2.45) is 0 Å². The molecule has 1 amide bonds. The number of hydrogen-bond acceptors (Lipinski definition) is 5. The Morgan fingerprint density at radius 3 is 2.07 bits per heavy atom. The van der Waals surface area contributed by atoms with Crippen LogP contribution in [0.4, 0.5) is 5.69 Å². The minimum atomic E-state index is -3.61. The summed E-state index contributed by atoms with van der Waals surface area (Å²) >= 11 is 0. The Balaban J connectivity index is 1.73. The van der Waals surface area contributed by atoms with E-state index >= 15 is 0 Å². The van der Waals surface area contributed by atoms with E-state index in [1.54, 1.807) is 54.3 Å². The molecule has 30 heavy (non-hydrogen) atoms. The lowest BCUT2D eigenvalue weighted by atomic mass is 10.1. The average Bonchev–Trinajstić information content (AvgIpc) is 2.68. The summed E-state index contributed by atoms with van der Waals surface area (Å²) in [4.78, 5) is 14.8. The minimum absolute atomic E-state index is 0.197. The molecular formula is C20H25N3O5S2. The molecule has 1 heterocycles. The Hall–Kier alpha value is -2.43. The van der Waals surface area contributed by atoms with E-state index in [2.05, 4.69) is 4.72 Å². The summed E-state index contributed by atoms with van der Waals surface area (Å²) in [5, 5.41) is 0. The summed E-state index contributed by atoms with van der Waals surface area (Å²) in [6.07, 6.45) is 1.05. The van der Waals surface area contributed by atoms with E-state index in [1.165, 1.54) is 4.31 Å². The second-order valence-corrected chi connectivity index (χ2v) is 11.0. The van der Waals surface area contributed by atoms with E-state index in [-0.39, 0.29) is 37.0 Å². The molecule has 0 atom stereocenters. The lowest BCUT2D eigenvalue weighted by Crippen LogP contribution is -2.50. The van der Waals surface area contributed by atoms with Gasteiger partial charge in [0.05, 0.1) is 16.8 Å². The minimum Gasteiger partial charge on any atom is -0.336 e. The fourth-order valence-electron chi connectivity index (χ4n) is 3.34. The highest BCUT2D eigenvalue weighted by Gasteiger charge is 2.31. The molecule has 0 bridgehead atoms. The Kier molecular flexibility index (Phi) is 6.21. The van der Waals surface area contributed by atoms with Crippen LogP contribution in [0.3, 0.4) is 0 Å². The highest BCUT2D eigenvalue weighted by molar-refractivity contribution is 7.92. The number of benzene rings is 2. The van der Waals surface area contributed by atoms with Crippen molar-refractivity contribution < 1.29 is 21.6 Å². The highest BCUT2D eigenvalue weighted by Crippen LogP contribution is 2.23. The molecule has 0 aliphatic carbocycles. The number of nitrogens with one attached hydrogen (secondary N) is 1. The van der Waals surface area contributed by atoms with Gasteiger partial charge in [0.15, 0.2) is 0 Å². The zero-order chi connectivity index (χ0) is 22.1. The average molecular weight is 452 g/mol. The number of nitrogens with zero attached hydrogens (tertiary/aromatic N) is 2. The van der Waals surface area contributed by atoms with Gasteiger partial charge in [0.1, 0.15) is 0 Å². The fourth-order valence-corrected chi connectivity index (χ4v) is 5.38. The Labute approximate surface area is 177 Å². The maximum absolute atomic E-state index is 13.0. The molecule has 0 aromatic heterocycles. The molecule has 0 radical (unpaired) electrons. The fraction of sp³-hybridized carbons (Fsp3) is 0.350. The van der Waals surface area contributed by atoms with Gasteiger partial charge in [-0.2, -0.15) is 4.31 Å². The van der Waals surface area contributed by atoms with Crippen LogP contribution in [-0.2, 0) is 20.0 Å². The van der Waals surface area contributed by atoms with Gasteiger partial charge < -0.3 is 4.90 Å². The van der Waals surface area contributed by atoms with Crippen LogP contribution in [0, 0.1) is 13.8 Å². The van der Waals surface area contributed by atoms with Gasteiger partial charge in [0.25, 0.3) is 5.91 Å². The molecule has 2 aromatic carbocycles. The van der Waals surface area contributed by atoms with E-state index in [9.17, 15) is 21.6 Å². The first-order valence-electron chi connectivity index (χ1n) is 9.42. The van der Waals surface area contributed by atoms with Gasteiger partial charge in [-0.1, -0.05) is 23.8 Å². The van der Waals surface area contributed by atoms with Crippen molar-refractivity contribution in [3.8, 4) is 0 Å². The van der Waals surface area contributed by atoms with Crippen molar-refractivity contribution >= 4 is 31.6 Å². The zero-order valence-corrected chi connectivity index (χ0v) is 18.8. The summed E-state index contributed by atoms with van der Waals surface area (Å²) in [5.41, 5.74) is 2.25. The van der Waals surface area contributed by atoms with Crippen molar-refractivity contribution in [3.05, 3.63) is 59.2 Å². The molecule has 162 valence electrons. The van der Waals surface area contributed by atoms with E-state index in [1.807, 2.05) is 6.92 Å². The third-order valence-electron chi connectivity index (χ3n) is 5.04. The molecule has 10 heteroatoms. The third kappa shape index (κ3) is 4.82. The van der Waals surface area contributed by atoms with Crippen LogP contribution >= 0.6 is 0 Å². The third-order valence-corrected chi connectivity index (χ3v) is 7.55.